The van der Waals surface area contributed by atoms with Gasteiger partial charge in [0.2, 0.25) is 0 Å². The maximum Gasteiger partial charge on any atom is 0.128 e. The topological polar surface area (TPSA) is 45.4 Å². The minimum atomic E-state index is 0.0513. The molecule has 0 radical (unpaired) electrons. The van der Waals surface area contributed by atoms with Gasteiger partial charge in [0.1, 0.15) is 5.82 Å². The van der Waals surface area contributed by atoms with Gasteiger partial charge in [0, 0.05) is 25.3 Å². The maximum atomic E-state index is 5.83. The summed E-state index contributed by atoms with van der Waals surface area (Å²) in [4.78, 5) is 9.01. The second-order valence-electron chi connectivity index (χ2n) is 4.97. The first-order chi connectivity index (χ1) is 8.54. The number of nitrogens with two attached hydrogens (primary N) is 1. The van der Waals surface area contributed by atoms with E-state index in [0.717, 1.165) is 37.4 Å². The second-order valence-corrected chi connectivity index (χ2v) is 4.97. The quantitative estimate of drug-likeness (QED) is 0.802. The molecule has 0 aliphatic rings. The highest BCUT2D eigenvalue weighted by atomic mass is 15.2. The van der Waals surface area contributed by atoms with Crippen LogP contribution in [0.15, 0.2) is 18.3 Å². The van der Waals surface area contributed by atoms with Gasteiger partial charge in [-0.15, -0.1) is 0 Å². The molecular formula is C14H26N4. The Balaban J connectivity index is 2.58. The van der Waals surface area contributed by atoms with Crippen molar-refractivity contribution in [3.63, 3.8) is 0 Å². The Kier molecular flexibility index (Phi) is 6.09. The highest BCUT2D eigenvalue weighted by Gasteiger charge is 2.06. The maximum absolute atomic E-state index is 5.83. The summed E-state index contributed by atoms with van der Waals surface area (Å²) in [5.41, 5.74) is 6.91. The van der Waals surface area contributed by atoms with E-state index in [4.69, 9.17) is 5.73 Å². The molecule has 0 amide bonds. The van der Waals surface area contributed by atoms with Crippen LogP contribution in [-0.4, -0.2) is 43.6 Å². The summed E-state index contributed by atoms with van der Waals surface area (Å²) in [5, 5.41) is 0. The lowest BCUT2D eigenvalue weighted by atomic mass is 10.1. The van der Waals surface area contributed by atoms with Crippen LogP contribution in [0.4, 0.5) is 5.82 Å². The Hall–Kier alpha value is -1.13. The van der Waals surface area contributed by atoms with Crippen LogP contribution in [0.3, 0.4) is 0 Å². The molecule has 0 aliphatic carbocycles. The molecule has 0 fully saturated rings. The van der Waals surface area contributed by atoms with Gasteiger partial charge in [0.25, 0.3) is 0 Å². The van der Waals surface area contributed by atoms with E-state index in [1.54, 1.807) is 0 Å². The van der Waals surface area contributed by atoms with Crippen molar-refractivity contribution in [2.45, 2.75) is 26.3 Å². The fraction of sp³-hybridized carbons (Fsp3) is 0.643. The zero-order chi connectivity index (χ0) is 13.5. The van der Waals surface area contributed by atoms with Crippen LogP contribution in [0.1, 0.15) is 31.9 Å². The molecular weight excluding hydrogens is 224 g/mol. The minimum Gasteiger partial charge on any atom is -0.357 e. The van der Waals surface area contributed by atoms with Crippen molar-refractivity contribution in [1.82, 2.24) is 9.88 Å². The molecule has 102 valence electrons. The van der Waals surface area contributed by atoms with E-state index in [9.17, 15) is 0 Å². The molecule has 4 heteroatoms. The lowest BCUT2D eigenvalue weighted by molar-refractivity contribution is 0.400. The largest absolute Gasteiger partial charge is 0.357 e. The van der Waals surface area contributed by atoms with E-state index >= 15 is 0 Å². The summed E-state index contributed by atoms with van der Waals surface area (Å²) in [7, 11) is 4.21. The van der Waals surface area contributed by atoms with Gasteiger partial charge < -0.3 is 15.5 Å². The van der Waals surface area contributed by atoms with Crippen LogP contribution in [0.5, 0.6) is 0 Å². The van der Waals surface area contributed by atoms with E-state index in [2.05, 4.69) is 47.9 Å². The monoisotopic (exact) mass is 250 g/mol. The molecule has 1 heterocycles. The predicted octanol–water partition coefficient (Wildman–Crippen LogP) is 1.88. The number of anilines is 1. The molecule has 1 aromatic heterocycles. The standard InChI is InChI=1S/C14H26N4/c1-5-18(10-6-9-17(3)4)14-8-7-13(11-16-14)12(2)15/h7-8,11-12H,5-6,9-10,15H2,1-4H3/t12-/m1/s1. The third-order valence-electron chi connectivity index (χ3n) is 3.04. The van der Waals surface area contributed by atoms with Crippen molar-refractivity contribution < 1.29 is 0 Å². The van der Waals surface area contributed by atoms with Crippen LogP contribution >= 0.6 is 0 Å². The van der Waals surface area contributed by atoms with E-state index in [1.807, 2.05) is 13.1 Å². The zero-order valence-electron chi connectivity index (χ0n) is 12.1. The second kappa shape index (κ2) is 7.34. The van der Waals surface area contributed by atoms with E-state index in [1.165, 1.54) is 0 Å². The van der Waals surface area contributed by atoms with Crippen LogP contribution in [0.2, 0.25) is 0 Å². The van der Waals surface area contributed by atoms with Gasteiger partial charge >= 0.3 is 0 Å². The lowest BCUT2D eigenvalue weighted by Crippen LogP contribution is -2.27. The average molecular weight is 250 g/mol. The molecule has 0 aliphatic heterocycles. The van der Waals surface area contributed by atoms with Gasteiger partial charge in [0.15, 0.2) is 0 Å². The molecule has 0 bridgehead atoms. The smallest absolute Gasteiger partial charge is 0.128 e. The molecule has 2 N–H and O–H groups in total. The first-order valence-electron chi connectivity index (χ1n) is 6.65. The summed E-state index contributed by atoms with van der Waals surface area (Å²) >= 11 is 0. The Bertz CT molecular complexity index is 332. The number of nitrogens with zero attached hydrogens (tertiary/aromatic N) is 3. The van der Waals surface area contributed by atoms with Crippen LogP contribution in [-0.2, 0) is 0 Å². The van der Waals surface area contributed by atoms with Gasteiger partial charge in [-0.1, -0.05) is 6.07 Å². The molecule has 1 aromatic rings. The summed E-state index contributed by atoms with van der Waals surface area (Å²) in [6.45, 7) is 7.27. The summed E-state index contributed by atoms with van der Waals surface area (Å²) in [6.07, 6.45) is 3.03. The van der Waals surface area contributed by atoms with Gasteiger partial charge in [-0.05, 0) is 52.5 Å². The van der Waals surface area contributed by atoms with E-state index in [0.29, 0.717) is 0 Å². The fourth-order valence-electron chi connectivity index (χ4n) is 1.87. The van der Waals surface area contributed by atoms with Crippen molar-refractivity contribution in [3.05, 3.63) is 23.9 Å². The molecule has 1 atom stereocenters. The predicted molar refractivity (Wildman–Crippen MR) is 77.9 cm³/mol. The summed E-state index contributed by atoms with van der Waals surface area (Å²) in [5.74, 6) is 1.04. The normalized spacial score (nSPS) is 12.8. The number of rotatable bonds is 7. The molecule has 0 aromatic carbocycles. The Labute approximate surface area is 111 Å². The van der Waals surface area contributed by atoms with Crippen molar-refractivity contribution >= 4 is 5.82 Å². The Morgan fingerprint density at radius 2 is 2.00 bits per heavy atom. The van der Waals surface area contributed by atoms with Gasteiger partial charge in [-0.3, -0.25) is 0 Å². The Morgan fingerprint density at radius 3 is 2.44 bits per heavy atom. The fourth-order valence-corrected chi connectivity index (χ4v) is 1.87. The molecule has 0 saturated carbocycles. The third kappa shape index (κ3) is 4.63. The number of hydrogen-bond acceptors (Lipinski definition) is 4. The average Bonchev–Trinajstić information content (AvgIpc) is 2.34. The van der Waals surface area contributed by atoms with Crippen molar-refractivity contribution in [3.8, 4) is 0 Å². The van der Waals surface area contributed by atoms with Crippen LogP contribution in [0, 0.1) is 0 Å². The zero-order valence-corrected chi connectivity index (χ0v) is 12.1. The lowest BCUT2D eigenvalue weighted by Gasteiger charge is -2.23. The first-order valence-corrected chi connectivity index (χ1v) is 6.65. The minimum absolute atomic E-state index is 0.0513. The summed E-state index contributed by atoms with van der Waals surface area (Å²) < 4.78 is 0. The highest BCUT2D eigenvalue weighted by Crippen LogP contribution is 2.14. The number of aromatic nitrogens is 1. The van der Waals surface area contributed by atoms with E-state index < -0.39 is 0 Å². The van der Waals surface area contributed by atoms with Gasteiger partial charge in [-0.25, -0.2) is 4.98 Å². The van der Waals surface area contributed by atoms with E-state index in [-0.39, 0.29) is 6.04 Å². The molecule has 18 heavy (non-hydrogen) atoms. The third-order valence-corrected chi connectivity index (χ3v) is 3.04. The van der Waals surface area contributed by atoms with Gasteiger partial charge in [0.05, 0.1) is 0 Å². The Morgan fingerprint density at radius 1 is 1.28 bits per heavy atom. The first kappa shape index (κ1) is 14.9. The molecule has 0 spiro atoms. The number of pyridine rings is 1. The van der Waals surface area contributed by atoms with Crippen LogP contribution in [0.25, 0.3) is 0 Å². The van der Waals surface area contributed by atoms with Crippen molar-refractivity contribution in [2.75, 3.05) is 38.6 Å². The SMILES string of the molecule is CCN(CCCN(C)C)c1ccc([C@@H](C)N)cn1. The molecule has 0 saturated heterocycles. The van der Waals surface area contributed by atoms with Crippen molar-refractivity contribution in [1.29, 1.82) is 0 Å². The van der Waals surface area contributed by atoms with Crippen molar-refractivity contribution in [2.24, 2.45) is 5.73 Å². The summed E-state index contributed by atoms with van der Waals surface area (Å²) in [6, 6.07) is 4.19. The molecule has 4 nitrogen and oxygen atoms in total. The number of hydrogen-bond donors (Lipinski definition) is 1. The van der Waals surface area contributed by atoms with Crippen LogP contribution < -0.4 is 10.6 Å². The highest BCUT2D eigenvalue weighted by molar-refractivity contribution is 5.39. The van der Waals surface area contributed by atoms with Gasteiger partial charge in [-0.2, -0.15) is 0 Å². The molecule has 0 unspecified atom stereocenters. The molecule has 1 rings (SSSR count).